The molecule has 0 bridgehead atoms. The van der Waals surface area contributed by atoms with E-state index in [1.165, 1.54) is 18.7 Å². The van der Waals surface area contributed by atoms with Gasteiger partial charge >= 0.3 is 0 Å². The highest BCUT2D eigenvalue weighted by atomic mass is 19.1. The van der Waals surface area contributed by atoms with Crippen LogP contribution in [0.15, 0.2) is 40.3 Å². The van der Waals surface area contributed by atoms with Crippen LogP contribution in [-0.4, -0.2) is 36.4 Å². The molecule has 0 unspecified atom stereocenters. The van der Waals surface area contributed by atoms with Gasteiger partial charge in [-0.1, -0.05) is 37.6 Å². The Morgan fingerprint density at radius 3 is 2.80 bits per heavy atom. The largest absolute Gasteiger partial charge is 0.421 e. The van der Waals surface area contributed by atoms with Gasteiger partial charge in [0.2, 0.25) is 11.8 Å². The van der Waals surface area contributed by atoms with E-state index in [1.807, 2.05) is 0 Å². The number of nitrogens with one attached hydrogen (secondary N) is 1. The van der Waals surface area contributed by atoms with Gasteiger partial charge in [-0.05, 0) is 49.1 Å². The molecule has 1 aromatic heterocycles. The SMILES string of the molecule is COCC(=O)NC[C@@H]1C=C(C)[C@H](Cc2nnc(-c3ccccc3F)o2)C[C@H]1C(C)C. The molecule has 0 fully saturated rings. The first-order valence-corrected chi connectivity index (χ1v) is 10.4. The number of amides is 1. The van der Waals surface area contributed by atoms with Crippen molar-refractivity contribution in [3.8, 4) is 11.5 Å². The van der Waals surface area contributed by atoms with Gasteiger partial charge in [-0.2, -0.15) is 0 Å². The minimum atomic E-state index is -0.375. The number of halogens is 1. The molecule has 1 aliphatic rings. The van der Waals surface area contributed by atoms with Crippen LogP contribution in [0.5, 0.6) is 0 Å². The van der Waals surface area contributed by atoms with Gasteiger partial charge in [-0.25, -0.2) is 4.39 Å². The molecule has 1 N–H and O–H groups in total. The standard InChI is InChI=1S/C23H30FN3O3/c1-14(2)19-10-16(15(3)9-17(19)12-25-21(28)13-29-4)11-22-26-27-23(30-22)18-7-5-6-8-20(18)24/h5-9,14,16-17,19H,10-13H2,1-4H3,(H,25,28)/t16-,17-,19-/m0/s1. The average molecular weight is 416 g/mol. The quantitative estimate of drug-likeness (QED) is 0.659. The van der Waals surface area contributed by atoms with Crippen molar-refractivity contribution in [1.29, 1.82) is 0 Å². The lowest BCUT2D eigenvalue weighted by atomic mass is 9.70. The summed E-state index contributed by atoms with van der Waals surface area (Å²) < 4.78 is 24.7. The van der Waals surface area contributed by atoms with Gasteiger partial charge in [0.05, 0.1) is 5.56 Å². The lowest BCUT2D eigenvalue weighted by molar-refractivity contribution is -0.124. The Labute approximate surface area is 176 Å². The van der Waals surface area contributed by atoms with Gasteiger partial charge in [-0.15, -0.1) is 10.2 Å². The van der Waals surface area contributed by atoms with Gasteiger partial charge in [0, 0.05) is 20.1 Å². The van der Waals surface area contributed by atoms with E-state index in [9.17, 15) is 9.18 Å². The Morgan fingerprint density at radius 1 is 1.33 bits per heavy atom. The summed E-state index contributed by atoms with van der Waals surface area (Å²) in [7, 11) is 1.51. The van der Waals surface area contributed by atoms with Crippen LogP contribution in [0.1, 0.15) is 33.1 Å². The maximum Gasteiger partial charge on any atom is 0.250 e. The minimum Gasteiger partial charge on any atom is -0.421 e. The molecule has 0 aliphatic heterocycles. The second kappa shape index (κ2) is 9.98. The average Bonchev–Trinajstić information content (AvgIpc) is 3.16. The lowest BCUT2D eigenvalue weighted by Gasteiger charge is -2.37. The Morgan fingerprint density at radius 2 is 2.10 bits per heavy atom. The number of rotatable bonds is 8. The summed E-state index contributed by atoms with van der Waals surface area (Å²) in [6.07, 6.45) is 3.86. The number of carbonyl (C=O) groups is 1. The zero-order chi connectivity index (χ0) is 21.7. The van der Waals surface area contributed by atoms with Crippen molar-refractivity contribution in [2.45, 2.75) is 33.6 Å². The van der Waals surface area contributed by atoms with E-state index < -0.39 is 0 Å². The molecule has 0 radical (unpaired) electrons. The predicted octanol–water partition coefficient (Wildman–Crippen LogP) is 4.04. The van der Waals surface area contributed by atoms with E-state index in [2.05, 4.69) is 42.4 Å². The van der Waals surface area contributed by atoms with Crippen LogP contribution in [0.4, 0.5) is 4.39 Å². The monoisotopic (exact) mass is 415 g/mol. The van der Waals surface area contributed by atoms with Crippen molar-refractivity contribution in [2.24, 2.45) is 23.7 Å². The van der Waals surface area contributed by atoms with Crippen LogP contribution >= 0.6 is 0 Å². The third kappa shape index (κ3) is 5.33. The van der Waals surface area contributed by atoms with Crippen molar-refractivity contribution < 1.29 is 18.3 Å². The molecule has 3 rings (SSSR count). The van der Waals surface area contributed by atoms with Crippen LogP contribution < -0.4 is 5.32 Å². The molecule has 0 saturated carbocycles. The summed E-state index contributed by atoms with van der Waals surface area (Å²) in [4.78, 5) is 11.8. The number of benzene rings is 1. The minimum absolute atomic E-state index is 0.0753. The first-order chi connectivity index (χ1) is 14.4. The zero-order valence-electron chi connectivity index (χ0n) is 18.0. The van der Waals surface area contributed by atoms with Gasteiger partial charge in [0.15, 0.2) is 0 Å². The normalized spacial score (nSPS) is 21.5. The fourth-order valence-electron chi connectivity index (χ4n) is 4.21. The highest BCUT2D eigenvalue weighted by Gasteiger charge is 2.32. The predicted molar refractivity (Wildman–Crippen MR) is 112 cm³/mol. The first-order valence-electron chi connectivity index (χ1n) is 10.4. The highest BCUT2D eigenvalue weighted by Crippen LogP contribution is 2.38. The van der Waals surface area contributed by atoms with Crippen molar-refractivity contribution in [2.75, 3.05) is 20.3 Å². The number of nitrogens with zero attached hydrogens (tertiary/aromatic N) is 2. The summed E-state index contributed by atoms with van der Waals surface area (Å²) in [5.41, 5.74) is 1.57. The van der Waals surface area contributed by atoms with E-state index in [-0.39, 0.29) is 36.1 Å². The summed E-state index contributed by atoms with van der Waals surface area (Å²) in [6, 6.07) is 6.39. The molecule has 162 valence electrons. The molecule has 0 spiro atoms. The fraction of sp³-hybridized carbons (Fsp3) is 0.522. The molecule has 6 nitrogen and oxygen atoms in total. The smallest absolute Gasteiger partial charge is 0.250 e. The Balaban J connectivity index is 1.70. The number of hydrogen-bond acceptors (Lipinski definition) is 5. The summed E-state index contributed by atoms with van der Waals surface area (Å²) >= 11 is 0. The van der Waals surface area contributed by atoms with Crippen LogP contribution in [0.2, 0.25) is 0 Å². The van der Waals surface area contributed by atoms with Gasteiger partial charge in [0.25, 0.3) is 5.89 Å². The van der Waals surface area contributed by atoms with Crippen LogP contribution in [0, 0.1) is 29.5 Å². The van der Waals surface area contributed by atoms with E-state index in [1.54, 1.807) is 18.2 Å². The van der Waals surface area contributed by atoms with Crippen molar-refractivity contribution in [3.05, 3.63) is 47.6 Å². The number of methoxy groups -OCH3 is 1. The van der Waals surface area contributed by atoms with Crippen molar-refractivity contribution >= 4 is 5.91 Å². The van der Waals surface area contributed by atoms with E-state index >= 15 is 0 Å². The molecular formula is C23H30FN3O3. The van der Waals surface area contributed by atoms with Gasteiger partial charge < -0.3 is 14.5 Å². The third-order valence-corrected chi connectivity index (χ3v) is 5.89. The maximum absolute atomic E-state index is 14.0. The fourth-order valence-corrected chi connectivity index (χ4v) is 4.21. The number of allylic oxidation sites excluding steroid dienone is 1. The maximum atomic E-state index is 14.0. The van der Waals surface area contributed by atoms with Gasteiger partial charge in [-0.3, -0.25) is 4.79 Å². The highest BCUT2D eigenvalue weighted by molar-refractivity contribution is 5.77. The first kappa shape index (κ1) is 22.2. The molecule has 30 heavy (non-hydrogen) atoms. The van der Waals surface area contributed by atoms with Gasteiger partial charge in [0.1, 0.15) is 12.4 Å². The zero-order valence-corrected chi connectivity index (χ0v) is 18.0. The second-order valence-electron chi connectivity index (χ2n) is 8.34. The molecule has 0 saturated heterocycles. The summed E-state index contributed by atoms with van der Waals surface area (Å²) in [6.45, 7) is 7.21. The van der Waals surface area contributed by atoms with Crippen LogP contribution in [-0.2, 0) is 16.0 Å². The lowest BCUT2D eigenvalue weighted by Crippen LogP contribution is -2.38. The molecule has 1 amide bonds. The van der Waals surface area contributed by atoms with E-state index in [4.69, 9.17) is 9.15 Å². The molecule has 7 heteroatoms. The Bertz CT molecular complexity index is 893. The van der Waals surface area contributed by atoms with Crippen molar-refractivity contribution in [1.82, 2.24) is 15.5 Å². The number of hydrogen-bond donors (Lipinski definition) is 1. The van der Waals surface area contributed by atoms with Crippen molar-refractivity contribution in [3.63, 3.8) is 0 Å². The third-order valence-electron chi connectivity index (χ3n) is 5.89. The number of ether oxygens (including phenoxy) is 1. The molecule has 1 aliphatic carbocycles. The van der Waals surface area contributed by atoms with E-state index in [0.29, 0.717) is 36.3 Å². The summed E-state index contributed by atoms with van der Waals surface area (Å²) in [5.74, 6) is 1.70. The second-order valence-corrected chi connectivity index (χ2v) is 8.34. The summed E-state index contributed by atoms with van der Waals surface area (Å²) in [5, 5.41) is 11.2. The molecular weight excluding hydrogens is 385 g/mol. The Hall–Kier alpha value is -2.54. The van der Waals surface area contributed by atoms with Crippen LogP contribution in [0.3, 0.4) is 0 Å². The number of aromatic nitrogens is 2. The molecule has 1 aromatic carbocycles. The Kier molecular flexibility index (Phi) is 7.37. The molecule has 2 aromatic rings. The molecule has 1 heterocycles. The van der Waals surface area contributed by atoms with E-state index in [0.717, 1.165) is 6.42 Å². The topological polar surface area (TPSA) is 77.2 Å². The molecule has 3 atom stereocenters. The van der Waals surface area contributed by atoms with Crippen LogP contribution in [0.25, 0.3) is 11.5 Å². The number of carbonyl (C=O) groups excluding carboxylic acids is 1.